The van der Waals surface area contributed by atoms with Crippen LogP contribution in [0.3, 0.4) is 0 Å². The number of urea groups is 2. The number of hydrogen-bond acceptors (Lipinski definition) is 5. The zero-order valence-electron chi connectivity index (χ0n) is 18.2. The van der Waals surface area contributed by atoms with Crippen LogP contribution in [0.15, 0.2) is 54.7 Å². The second-order valence-corrected chi connectivity index (χ2v) is 7.33. The summed E-state index contributed by atoms with van der Waals surface area (Å²) in [7, 11) is 0. The standard InChI is InChI=1S/C23H21FN6O4/c1-3-30-13-17-19(10-11-25-21(17)28-23(30)32)34-20-9-6-15(12-18(20)24)27-22(31)26-14-4-7-16(8-5-14)29(2)33/h4-12H,2-3,13H2,1H3,(H,25,28,32)(H2,26,27,31). The summed E-state index contributed by atoms with van der Waals surface area (Å²) in [6.07, 6.45) is 1.46. The van der Waals surface area contributed by atoms with Crippen molar-refractivity contribution in [1.29, 1.82) is 0 Å². The topological polar surface area (TPSA) is 122 Å². The smallest absolute Gasteiger partial charge is 0.323 e. The molecule has 3 aromatic rings. The number of benzene rings is 2. The third-order valence-corrected chi connectivity index (χ3v) is 5.08. The van der Waals surface area contributed by atoms with E-state index in [1.54, 1.807) is 23.1 Å². The van der Waals surface area contributed by atoms with E-state index in [4.69, 9.17) is 4.74 Å². The van der Waals surface area contributed by atoms with Crippen LogP contribution in [0.25, 0.3) is 0 Å². The van der Waals surface area contributed by atoms with E-state index >= 15 is 0 Å². The van der Waals surface area contributed by atoms with Gasteiger partial charge in [0.15, 0.2) is 11.6 Å². The van der Waals surface area contributed by atoms with Gasteiger partial charge < -0.3 is 25.5 Å². The Bertz CT molecular complexity index is 1260. The molecular weight excluding hydrogens is 443 g/mol. The molecule has 3 N–H and O–H groups in total. The monoisotopic (exact) mass is 464 g/mol. The summed E-state index contributed by atoms with van der Waals surface area (Å²) >= 11 is 0. The number of carbonyl (C=O) groups is 2. The van der Waals surface area contributed by atoms with Crippen LogP contribution in [0.4, 0.5) is 36.9 Å². The maximum absolute atomic E-state index is 14.7. The van der Waals surface area contributed by atoms with Crippen LogP contribution in [0.1, 0.15) is 12.5 Å². The summed E-state index contributed by atoms with van der Waals surface area (Å²) in [5, 5.41) is 19.0. The van der Waals surface area contributed by atoms with Crippen molar-refractivity contribution in [3.8, 4) is 11.5 Å². The van der Waals surface area contributed by atoms with Gasteiger partial charge in [-0.25, -0.2) is 19.0 Å². The summed E-state index contributed by atoms with van der Waals surface area (Å²) in [6, 6.07) is 10.8. The second kappa shape index (κ2) is 9.45. The fourth-order valence-corrected chi connectivity index (χ4v) is 3.31. The van der Waals surface area contributed by atoms with Crippen molar-refractivity contribution in [2.75, 3.05) is 22.5 Å². The van der Waals surface area contributed by atoms with E-state index in [-0.39, 0.29) is 24.0 Å². The number of halogens is 1. The van der Waals surface area contributed by atoms with Crippen molar-refractivity contribution in [2.45, 2.75) is 13.5 Å². The highest BCUT2D eigenvalue weighted by Crippen LogP contribution is 2.34. The number of fused-ring (bicyclic) bond motifs is 1. The van der Waals surface area contributed by atoms with Crippen molar-refractivity contribution in [3.63, 3.8) is 0 Å². The molecule has 0 bridgehead atoms. The Balaban J connectivity index is 1.44. The Morgan fingerprint density at radius 2 is 1.91 bits per heavy atom. The zero-order valence-corrected chi connectivity index (χ0v) is 18.2. The largest absolute Gasteiger partial charge is 0.619 e. The maximum atomic E-state index is 14.7. The molecule has 0 saturated carbocycles. The molecule has 2 aromatic carbocycles. The van der Waals surface area contributed by atoms with Gasteiger partial charge in [0.25, 0.3) is 0 Å². The lowest BCUT2D eigenvalue weighted by Crippen LogP contribution is -2.38. The normalized spacial score (nSPS) is 12.4. The maximum Gasteiger partial charge on any atom is 0.323 e. The Kier molecular flexibility index (Phi) is 6.26. The van der Waals surface area contributed by atoms with Gasteiger partial charge in [0.05, 0.1) is 12.1 Å². The number of amides is 4. The predicted molar refractivity (Wildman–Crippen MR) is 125 cm³/mol. The van der Waals surface area contributed by atoms with Gasteiger partial charge in [0.1, 0.15) is 18.3 Å². The Hall–Kier alpha value is -4.67. The number of nitrogens with zero attached hydrogens (tertiary/aromatic N) is 3. The minimum absolute atomic E-state index is 0.0507. The fraction of sp³-hybridized carbons (Fsp3) is 0.130. The first-order valence-corrected chi connectivity index (χ1v) is 10.3. The first kappa shape index (κ1) is 22.5. The summed E-state index contributed by atoms with van der Waals surface area (Å²) in [4.78, 5) is 30.0. The fourth-order valence-electron chi connectivity index (χ4n) is 3.31. The SMILES string of the molecule is C=[N+]([O-])c1ccc(NC(=O)Nc2ccc(Oc3ccnc4c3CN(CC)C(=O)N4)c(F)c2)cc1. The van der Waals surface area contributed by atoms with Crippen LogP contribution >= 0.6 is 0 Å². The van der Waals surface area contributed by atoms with Gasteiger partial charge in [-0.1, -0.05) is 0 Å². The molecule has 2 heterocycles. The summed E-state index contributed by atoms with van der Waals surface area (Å²) in [5.74, 6) is -0.00643. The average Bonchev–Trinajstić information content (AvgIpc) is 2.80. The highest BCUT2D eigenvalue weighted by molar-refractivity contribution is 5.99. The molecule has 0 unspecified atom stereocenters. The van der Waals surface area contributed by atoms with Gasteiger partial charge in [-0.15, -0.1) is 0 Å². The van der Waals surface area contributed by atoms with Gasteiger partial charge in [-0.05, 0) is 37.3 Å². The summed E-state index contributed by atoms with van der Waals surface area (Å²) in [5.41, 5.74) is 1.63. The lowest BCUT2D eigenvalue weighted by molar-refractivity contribution is -0.349. The average molecular weight is 464 g/mol. The zero-order chi connectivity index (χ0) is 24.2. The number of anilines is 3. The van der Waals surface area contributed by atoms with E-state index < -0.39 is 11.8 Å². The third kappa shape index (κ3) is 4.88. The third-order valence-electron chi connectivity index (χ3n) is 5.08. The van der Waals surface area contributed by atoms with Gasteiger partial charge in [-0.2, -0.15) is 4.74 Å². The highest BCUT2D eigenvalue weighted by Gasteiger charge is 2.25. The summed E-state index contributed by atoms with van der Waals surface area (Å²) in [6.45, 7) is 5.86. The minimum atomic E-state index is -0.689. The number of hydrogen-bond donors (Lipinski definition) is 3. The molecule has 0 fully saturated rings. The number of aromatic nitrogens is 1. The molecule has 0 radical (unpaired) electrons. The van der Waals surface area contributed by atoms with E-state index in [2.05, 4.69) is 27.7 Å². The molecule has 174 valence electrons. The molecule has 0 aliphatic carbocycles. The highest BCUT2D eigenvalue weighted by atomic mass is 19.1. The predicted octanol–water partition coefficient (Wildman–Crippen LogP) is 4.87. The van der Waals surface area contributed by atoms with Crippen molar-refractivity contribution in [3.05, 3.63) is 71.3 Å². The lowest BCUT2D eigenvalue weighted by atomic mass is 10.2. The van der Waals surface area contributed by atoms with Crippen LogP contribution in [0.5, 0.6) is 11.5 Å². The van der Waals surface area contributed by atoms with E-state index in [0.717, 1.165) is 6.07 Å². The molecule has 0 spiro atoms. The number of nitrogens with one attached hydrogen (secondary N) is 3. The first-order valence-electron chi connectivity index (χ1n) is 10.3. The van der Waals surface area contributed by atoms with Gasteiger partial charge in [0, 0.05) is 42.3 Å². The van der Waals surface area contributed by atoms with E-state index in [1.807, 2.05) is 6.92 Å². The van der Waals surface area contributed by atoms with Crippen molar-refractivity contribution >= 4 is 41.7 Å². The van der Waals surface area contributed by atoms with Gasteiger partial charge in [0.2, 0.25) is 5.69 Å². The van der Waals surface area contributed by atoms with Crippen molar-refractivity contribution < 1.29 is 23.5 Å². The number of pyridine rings is 1. The van der Waals surface area contributed by atoms with Crippen LogP contribution in [-0.4, -0.2) is 39.9 Å². The van der Waals surface area contributed by atoms with Crippen molar-refractivity contribution in [2.24, 2.45) is 0 Å². The molecule has 4 rings (SSSR count). The van der Waals surface area contributed by atoms with E-state index in [1.165, 1.54) is 30.5 Å². The van der Waals surface area contributed by atoms with Crippen LogP contribution < -0.4 is 20.7 Å². The molecule has 0 saturated heterocycles. The van der Waals surface area contributed by atoms with Crippen LogP contribution in [0.2, 0.25) is 0 Å². The molecule has 1 aliphatic heterocycles. The van der Waals surface area contributed by atoms with E-state index in [0.29, 0.717) is 39.8 Å². The molecule has 0 atom stereocenters. The number of rotatable bonds is 6. The quantitative estimate of drug-likeness (QED) is 0.208. The molecule has 11 heteroatoms. The number of ether oxygens (including phenoxy) is 1. The molecular formula is C23H21FN6O4. The van der Waals surface area contributed by atoms with Gasteiger partial charge in [-0.3, -0.25) is 5.32 Å². The van der Waals surface area contributed by atoms with Gasteiger partial charge >= 0.3 is 12.1 Å². The Morgan fingerprint density at radius 1 is 1.21 bits per heavy atom. The minimum Gasteiger partial charge on any atom is -0.619 e. The molecule has 4 amide bonds. The molecule has 1 aliphatic rings. The Morgan fingerprint density at radius 3 is 2.59 bits per heavy atom. The molecule has 34 heavy (non-hydrogen) atoms. The second-order valence-electron chi connectivity index (χ2n) is 7.33. The van der Waals surface area contributed by atoms with Crippen molar-refractivity contribution in [1.82, 2.24) is 9.88 Å². The molecule has 1 aromatic heterocycles. The summed E-state index contributed by atoms with van der Waals surface area (Å²) < 4.78 is 21.0. The number of carbonyl (C=O) groups excluding carboxylic acids is 2. The van der Waals surface area contributed by atoms with E-state index in [9.17, 15) is 19.2 Å². The lowest BCUT2D eigenvalue weighted by Gasteiger charge is -2.28. The van der Waals surface area contributed by atoms with Crippen LogP contribution in [0, 0.1) is 11.0 Å². The first-order chi connectivity index (χ1) is 16.3. The molecule has 10 nitrogen and oxygen atoms in total. The van der Waals surface area contributed by atoms with Crippen LogP contribution in [-0.2, 0) is 6.54 Å². The Labute approximate surface area is 194 Å².